The number of amides is 1. The standard InChI is InChI=1S/C14H17ClN2O4/c1-4-19-7-10-12(17-14(18)20-5-2)9-6-11(15)16-8(3)13(9)21-10/h6H,4-5,7H2,1-3H3,(H,17,18). The number of hydrogen-bond donors (Lipinski definition) is 1. The minimum Gasteiger partial charge on any atom is -0.454 e. The van der Waals surface area contributed by atoms with Crippen LogP contribution in [0.15, 0.2) is 10.5 Å². The summed E-state index contributed by atoms with van der Waals surface area (Å²) in [4.78, 5) is 15.8. The van der Waals surface area contributed by atoms with Crippen LogP contribution in [0.25, 0.3) is 11.0 Å². The van der Waals surface area contributed by atoms with Crippen LogP contribution in [0.5, 0.6) is 0 Å². The van der Waals surface area contributed by atoms with Crippen LogP contribution in [0.3, 0.4) is 0 Å². The number of carbonyl (C=O) groups is 1. The molecule has 114 valence electrons. The van der Waals surface area contributed by atoms with Crippen LogP contribution in [0.1, 0.15) is 25.3 Å². The van der Waals surface area contributed by atoms with E-state index in [1.54, 1.807) is 19.9 Å². The zero-order valence-corrected chi connectivity index (χ0v) is 12.9. The lowest BCUT2D eigenvalue weighted by atomic mass is 10.2. The number of aromatic nitrogens is 1. The van der Waals surface area contributed by atoms with E-state index in [0.717, 1.165) is 0 Å². The van der Waals surface area contributed by atoms with Crippen LogP contribution in [0.4, 0.5) is 10.5 Å². The molecule has 2 aromatic heterocycles. The molecule has 0 unspecified atom stereocenters. The van der Waals surface area contributed by atoms with E-state index < -0.39 is 6.09 Å². The fourth-order valence-electron chi connectivity index (χ4n) is 1.96. The summed E-state index contributed by atoms with van der Waals surface area (Å²) in [6, 6.07) is 1.64. The Morgan fingerprint density at radius 1 is 1.43 bits per heavy atom. The number of aryl methyl sites for hydroxylation is 1. The third-order valence-corrected chi connectivity index (χ3v) is 3.02. The molecule has 6 nitrogen and oxygen atoms in total. The average Bonchev–Trinajstić information content (AvgIpc) is 2.75. The Kier molecular flexibility index (Phi) is 5.03. The first kappa shape index (κ1) is 15.6. The van der Waals surface area contributed by atoms with Gasteiger partial charge in [0.05, 0.1) is 18.0 Å². The number of nitrogens with zero attached hydrogens (tertiary/aromatic N) is 1. The van der Waals surface area contributed by atoms with Gasteiger partial charge in [-0.2, -0.15) is 0 Å². The Hall–Kier alpha value is -1.79. The number of rotatable bonds is 5. The maximum Gasteiger partial charge on any atom is 0.411 e. The molecule has 0 saturated carbocycles. The molecule has 0 atom stereocenters. The van der Waals surface area contributed by atoms with E-state index in [1.165, 1.54) is 0 Å². The molecule has 0 fully saturated rings. The van der Waals surface area contributed by atoms with Crippen molar-refractivity contribution in [3.05, 3.63) is 22.7 Å². The third-order valence-electron chi connectivity index (χ3n) is 2.82. The Morgan fingerprint density at radius 2 is 2.19 bits per heavy atom. The van der Waals surface area contributed by atoms with Gasteiger partial charge in [-0.3, -0.25) is 5.32 Å². The molecular formula is C14H17ClN2O4. The summed E-state index contributed by atoms with van der Waals surface area (Å²) in [7, 11) is 0. The van der Waals surface area contributed by atoms with E-state index in [4.69, 9.17) is 25.5 Å². The van der Waals surface area contributed by atoms with Crippen molar-refractivity contribution in [2.45, 2.75) is 27.4 Å². The predicted molar refractivity (Wildman–Crippen MR) is 79.7 cm³/mol. The number of ether oxygens (including phenoxy) is 2. The van der Waals surface area contributed by atoms with Gasteiger partial charge >= 0.3 is 6.09 Å². The summed E-state index contributed by atoms with van der Waals surface area (Å²) in [6.07, 6.45) is -0.552. The van der Waals surface area contributed by atoms with Gasteiger partial charge in [-0.25, -0.2) is 9.78 Å². The number of fused-ring (bicyclic) bond motifs is 1. The Morgan fingerprint density at radius 3 is 2.86 bits per heavy atom. The van der Waals surface area contributed by atoms with E-state index >= 15 is 0 Å². The lowest BCUT2D eigenvalue weighted by Gasteiger charge is -2.06. The maximum absolute atomic E-state index is 11.7. The molecule has 0 saturated heterocycles. The van der Waals surface area contributed by atoms with Crippen molar-refractivity contribution in [2.24, 2.45) is 0 Å². The molecule has 21 heavy (non-hydrogen) atoms. The van der Waals surface area contributed by atoms with Gasteiger partial charge in [0.15, 0.2) is 11.3 Å². The topological polar surface area (TPSA) is 73.6 Å². The van der Waals surface area contributed by atoms with Crippen LogP contribution in [-0.2, 0) is 16.1 Å². The minimum atomic E-state index is -0.552. The van der Waals surface area contributed by atoms with Crippen molar-refractivity contribution in [3.8, 4) is 0 Å². The largest absolute Gasteiger partial charge is 0.454 e. The van der Waals surface area contributed by atoms with Gasteiger partial charge in [0.1, 0.15) is 11.8 Å². The monoisotopic (exact) mass is 312 g/mol. The molecule has 1 N–H and O–H groups in total. The number of furan rings is 1. The summed E-state index contributed by atoms with van der Waals surface area (Å²) in [6.45, 7) is 6.46. The average molecular weight is 313 g/mol. The molecule has 0 aliphatic carbocycles. The number of pyridine rings is 1. The molecule has 0 aromatic carbocycles. The van der Waals surface area contributed by atoms with E-state index in [1.807, 2.05) is 6.92 Å². The van der Waals surface area contributed by atoms with E-state index in [-0.39, 0.29) is 13.2 Å². The normalized spacial score (nSPS) is 10.9. The van der Waals surface area contributed by atoms with Gasteiger partial charge in [0.25, 0.3) is 0 Å². The number of halogens is 1. The molecule has 2 heterocycles. The summed E-state index contributed by atoms with van der Waals surface area (Å²) in [5.74, 6) is 0.507. The summed E-state index contributed by atoms with van der Waals surface area (Å²) >= 11 is 5.98. The highest BCUT2D eigenvalue weighted by Gasteiger charge is 2.19. The molecular weight excluding hydrogens is 296 g/mol. The van der Waals surface area contributed by atoms with Crippen LogP contribution < -0.4 is 5.32 Å². The first-order valence-corrected chi connectivity index (χ1v) is 7.04. The third kappa shape index (κ3) is 3.46. The van der Waals surface area contributed by atoms with E-state index in [0.29, 0.717) is 39.9 Å². The Balaban J connectivity index is 2.48. The second-order valence-electron chi connectivity index (χ2n) is 4.29. The SMILES string of the molecule is CCOCc1oc2c(C)nc(Cl)cc2c1NC(=O)OCC. The molecule has 0 bridgehead atoms. The van der Waals surface area contributed by atoms with Gasteiger partial charge in [-0.1, -0.05) is 11.6 Å². The van der Waals surface area contributed by atoms with Crippen LogP contribution in [0, 0.1) is 6.92 Å². The number of hydrogen-bond acceptors (Lipinski definition) is 5. The summed E-state index contributed by atoms with van der Waals surface area (Å²) in [5, 5.41) is 3.68. The number of nitrogens with one attached hydrogen (secondary N) is 1. The maximum atomic E-state index is 11.7. The zero-order chi connectivity index (χ0) is 15.4. The molecule has 0 radical (unpaired) electrons. The fraction of sp³-hybridized carbons (Fsp3) is 0.429. The smallest absolute Gasteiger partial charge is 0.411 e. The van der Waals surface area contributed by atoms with Gasteiger partial charge in [-0.05, 0) is 26.8 Å². The fourth-order valence-corrected chi connectivity index (χ4v) is 2.20. The second-order valence-corrected chi connectivity index (χ2v) is 4.68. The molecule has 7 heteroatoms. The first-order chi connectivity index (χ1) is 10.1. The lowest BCUT2D eigenvalue weighted by molar-refractivity contribution is 0.120. The molecule has 0 spiro atoms. The molecule has 0 aliphatic rings. The Labute approximate surface area is 127 Å². The minimum absolute atomic E-state index is 0.240. The number of carbonyl (C=O) groups excluding carboxylic acids is 1. The van der Waals surface area contributed by atoms with Crippen molar-refractivity contribution >= 4 is 34.4 Å². The van der Waals surface area contributed by atoms with Gasteiger partial charge in [0.2, 0.25) is 0 Å². The van der Waals surface area contributed by atoms with Gasteiger partial charge in [-0.15, -0.1) is 0 Å². The highest BCUT2D eigenvalue weighted by molar-refractivity contribution is 6.30. The zero-order valence-electron chi connectivity index (χ0n) is 12.2. The molecule has 2 aromatic rings. The van der Waals surface area contributed by atoms with Crippen molar-refractivity contribution in [1.29, 1.82) is 0 Å². The van der Waals surface area contributed by atoms with Crippen LogP contribution in [0.2, 0.25) is 5.15 Å². The van der Waals surface area contributed by atoms with Crippen LogP contribution in [-0.4, -0.2) is 24.3 Å². The first-order valence-electron chi connectivity index (χ1n) is 6.66. The lowest BCUT2D eigenvalue weighted by Crippen LogP contribution is -2.14. The molecule has 2 rings (SSSR count). The van der Waals surface area contributed by atoms with Crippen molar-refractivity contribution < 1.29 is 18.7 Å². The Bertz CT molecular complexity index is 654. The van der Waals surface area contributed by atoms with E-state index in [2.05, 4.69) is 10.3 Å². The van der Waals surface area contributed by atoms with Crippen molar-refractivity contribution in [3.63, 3.8) is 0 Å². The second kappa shape index (κ2) is 6.78. The molecule has 1 amide bonds. The van der Waals surface area contributed by atoms with E-state index in [9.17, 15) is 4.79 Å². The van der Waals surface area contributed by atoms with Gasteiger partial charge in [0, 0.05) is 12.0 Å². The summed E-state index contributed by atoms with van der Waals surface area (Å²) < 4.78 is 16.0. The highest BCUT2D eigenvalue weighted by Crippen LogP contribution is 2.34. The van der Waals surface area contributed by atoms with Crippen molar-refractivity contribution in [2.75, 3.05) is 18.5 Å². The van der Waals surface area contributed by atoms with Gasteiger partial charge < -0.3 is 13.9 Å². The predicted octanol–water partition coefficient (Wildman–Crippen LogP) is 3.89. The number of anilines is 1. The van der Waals surface area contributed by atoms with Crippen LogP contribution >= 0.6 is 11.6 Å². The van der Waals surface area contributed by atoms with Crippen molar-refractivity contribution in [1.82, 2.24) is 4.98 Å². The quantitative estimate of drug-likeness (QED) is 0.848. The highest BCUT2D eigenvalue weighted by atomic mass is 35.5. The molecule has 0 aliphatic heterocycles. The summed E-state index contributed by atoms with van der Waals surface area (Å²) in [5.41, 5.74) is 1.72.